The third kappa shape index (κ3) is 3.16. The maximum atomic E-state index is 12.7. The number of likely N-dealkylation sites (tertiary alicyclic amines) is 1. The lowest BCUT2D eigenvalue weighted by atomic mass is 10.0. The first-order chi connectivity index (χ1) is 10.8. The van der Waals surface area contributed by atoms with Crippen LogP contribution in [0.3, 0.4) is 0 Å². The molecule has 1 aliphatic heterocycles. The van der Waals surface area contributed by atoms with E-state index in [4.69, 9.17) is 0 Å². The maximum absolute atomic E-state index is 12.7. The quantitative estimate of drug-likeness (QED) is 0.504. The van der Waals surface area contributed by atoms with E-state index in [2.05, 4.69) is 4.74 Å². The molecule has 1 unspecified atom stereocenters. The van der Waals surface area contributed by atoms with Crippen LogP contribution in [-0.4, -0.2) is 52.6 Å². The number of carbonyl (C=O) groups is 2. The van der Waals surface area contributed by atoms with Crippen LogP contribution in [0.4, 0.5) is 5.69 Å². The Kier molecular flexibility index (Phi) is 4.65. The normalized spacial score (nSPS) is 20.4. The van der Waals surface area contributed by atoms with Crippen LogP contribution >= 0.6 is 0 Å². The minimum Gasteiger partial charge on any atom is -0.467 e. The summed E-state index contributed by atoms with van der Waals surface area (Å²) in [5, 5.41) is 21.0. The molecule has 0 radical (unpaired) electrons. The van der Waals surface area contributed by atoms with Gasteiger partial charge in [-0.3, -0.25) is 14.9 Å². The molecule has 0 aliphatic carbocycles. The van der Waals surface area contributed by atoms with E-state index in [0.29, 0.717) is 5.56 Å². The molecule has 2 atom stereocenters. The summed E-state index contributed by atoms with van der Waals surface area (Å²) in [7, 11) is 1.19. The summed E-state index contributed by atoms with van der Waals surface area (Å²) in [5.74, 6) is -1.31. The standard InChI is InChI=1S/C15H18N2O6/c1-8-4-11(12(17(21)22)5-9(8)2)14(19)16-7-10(18)6-13(16)15(20)23-3/h4-5,10,13,18H,6-7H2,1-3H3/t10?,13-/m0/s1. The summed E-state index contributed by atoms with van der Waals surface area (Å²) >= 11 is 0. The van der Waals surface area contributed by atoms with Crippen LogP contribution in [-0.2, 0) is 9.53 Å². The average Bonchev–Trinajstić information content (AvgIpc) is 2.89. The number of aryl methyl sites for hydroxylation is 2. The third-order valence-corrected chi connectivity index (χ3v) is 4.05. The van der Waals surface area contributed by atoms with Crippen molar-refractivity contribution in [3.63, 3.8) is 0 Å². The average molecular weight is 322 g/mol. The Morgan fingerprint density at radius 1 is 1.35 bits per heavy atom. The van der Waals surface area contributed by atoms with Gasteiger partial charge in [0.2, 0.25) is 0 Å². The molecule has 1 aliphatic rings. The van der Waals surface area contributed by atoms with Gasteiger partial charge in [-0.05, 0) is 31.0 Å². The van der Waals surface area contributed by atoms with Crippen LogP contribution in [0.25, 0.3) is 0 Å². The highest BCUT2D eigenvalue weighted by atomic mass is 16.6. The van der Waals surface area contributed by atoms with E-state index in [1.807, 2.05) is 0 Å². The summed E-state index contributed by atoms with van der Waals surface area (Å²) in [6, 6.07) is 1.83. The van der Waals surface area contributed by atoms with E-state index in [-0.39, 0.29) is 24.2 Å². The van der Waals surface area contributed by atoms with Crippen molar-refractivity contribution in [2.75, 3.05) is 13.7 Å². The second kappa shape index (κ2) is 6.33. The van der Waals surface area contributed by atoms with Gasteiger partial charge in [0.1, 0.15) is 11.6 Å². The number of methoxy groups -OCH3 is 1. The number of benzene rings is 1. The fraction of sp³-hybridized carbons (Fsp3) is 0.467. The predicted molar refractivity (Wildman–Crippen MR) is 80.0 cm³/mol. The van der Waals surface area contributed by atoms with Crippen LogP contribution in [0.1, 0.15) is 27.9 Å². The molecule has 1 aromatic carbocycles. The minimum atomic E-state index is -0.941. The zero-order valence-electron chi connectivity index (χ0n) is 13.1. The van der Waals surface area contributed by atoms with Crippen molar-refractivity contribution < 1.29 is 24.4 Å². The number of carbonyl (C=O) groups excluding carboxylic acids is 2. The molecule has 0 bridgehead atoms. The van der Waals surface area contributed by atoms with Gasteiger partial charge in [-0.1, -0.05) is 0 Å². The van der Waals surface area contributed by atoms with Gasteiger partial charge in [-0.25, -0.2) is 4.79 Å². The molecule has 8 nitrogen and oxygen atoms in total. The molecule has 1 aromatic rings. The number of nitro benzene ring substituents is 1. The summed E-state index contributed by atoms with van der Waals surface area (Å²) in [6.07, 6.45) is -0.814. The number of hydrogen-bond donors (Lipinski definition) is 1. The minimum absolute atomic E-state index is 0.0526. The van der Waals surface area contributed by atoms with E-state index < -0.39 is 28.9 Å². The Morgan fingerprint density at radius 2 is 1.96 bits per heavy atom. The van der Waals surface area contributed by atoms with Gasteiger partial charge in [0, 0.05) is 19.0 Å². The number of hydrogen-bond acceptors (Lipinski definition) is 6. The van der Waals surface area contributed by atoms with E-state index >= 15 is 0 Å². The third-order valence-electron chi connectivity index (χ3n) is 4.05. The predicted octanol–water partition coefficient (Wildman–Crippen LogP) is 0.960. The van der Waals surface area contributed by atoms with Crippen LogP contribution in [0.5, 0.6) is 0 Å². The lowest BCUT2D eigenvalue weighted by molar-refractivity contribution is -0.385. The Hall–Kier alpha value is -2.48. The molecule has 1 amide bonds. The highest BCUT2D eigenvalue weighted by Gasteiger charge is 2.41. The molecule has 1 saturated heterocycles. The first-order valence-electron chi connectivity index (χ1n) is 7.08. The lowest BCUT2D eigenvalue weighted by Crippen LogP contribution is -2.41. The number of nitro groups is 1. The largest absolute Gasteiger partial charge is 0.467 e. The Morgan fingerprint density at radius 3 is 2.52 bits per heavy atom. The number of amides is 1. The number of ether oxygens (including phenoxy) is 1. The molecular weight excluding hydrogens is 304 g/mol. The van der Waals surface area contributed by atoms with E-state index in [1.54, 1.807) is 13.8 Å². The van der Waals surface area contributed by atoms with E-state index in [1.165, 1.54) is 19.2 Å². The summed E-state index contributed by atoms with van der Waals surface area (Å²) in [6.45, 7) is 3.39. The van der Waals surface area contributed by atoms with Gasteiger partial charge in [0.05, 0.1) is 18.1 Å². The van der Waals surface area contributed by atoms with Crippen molar-refractivity contribution in [1.29, 1.82) is 0 Å². The molecule has 1 N–H and O–H groups in total. The number of aliphatic hydroxyl groups excluding tert-OH is 1. The van der Waals surface area contributed by atoms with Gasteiger partial charge in [0.25, 0.3) is 11.6 Å². The number of esters is 1. The van der Waals surface area contributed by atoms with E-state index in [9.17, 15) is 24.8 Å². The summed E-state index contributed by atoms with van der Waals surface area (Å²) in [4.78, 5) is 36.2. The van der Waals surface area contributed by atoms with E-state index in [0.717, 1.165) is 10.5 Å². The number of nitrogens with zero attached hydrogens (tertiary/aromatic N) is 2. The Balaban J connectivity index is 2.45. The van der Waals surface area contributed by atoms with Crippen molar-refractivity contribution >= 4 is 17.6 Å². The molecule has 1 heterocycles. The van der Waals surface area contributed by atoms with Crippen molar-refractivity contribution in [1.82, 2.24) is 4.90 Å². The van der Waals surface area contributed by atoms with Gasteiger partial charge in [-0.2, -0.15) is 0 Å². The second-order valence-electron chi connectivity index (χ2n) is 5.60. The Bertz CT molecular complexity index is 672. The molecule has 1 fully saturated rings. The molecule has 2 rings (SSSR count). The van der Waals surface area contributed by atoms with Gasteiger partial charge >= 0.3 is 5.97 Å². The smallest absolute Gasteiger partial charge is 0.328 e. The van der Waals surface area contributed by atoms with Crippen LogP contribution in [0, 0.1) is 24.0 Å². The highest BCUT2D eigenvalue weighted by molar-refractivity contribution is 6.00. The van der Waals surface area contributed by atoms with Crippen molar-refractivity contribution in [3.05, 3.63) is 38.9 Å². The first kappa shape index (κ1) is 16.9. The molecule has 0 spiro atoms. The number of β-amino-alcohol motifs (C(OH)–C–C–N with tert-alkyl or cyclic N) is 1. The van der Waals surface area contributed by atoms with Crippen LogP contribution in [0.2, 0.25) is 0 Å². The number of rotatable bonds is 3. The number of aliphatic hydroxyl groups is 1. The summed E-state index contributed by atoms with van der Waals surface area (Å²) in [5.41, 5.74) is 1.01. The van der Waals surface area contributed by atoms with Crippen molar-refractivity contribution in [2.45, 2.75) is 32.4 Å². The van der Waals surface area contributed by atoms with Gasteiger partial charge in [-0.15, -0.1) is 0 Å². The van der Waals surface area contributed by atoms with Crippen molar-refractivity contribution in [3.8, 4) is 0 Å². The molecule has 0 saturated carbocycles. The molecule has 0 aromatic heterocycles. The van der Waals surface area contributed by atoms with Crippen molar-refractivity contribution in [2.24, 2.45) is 0 Å². The maximum Gasteiger partial charge on any atom is 0.328 e. The Labute approximate surface area is 132 Å². The van der Waals surface area contributed by atoms with Gasteiger partial charge in [0.15, 0.2) is 0 Å². The molecule has 23 heavy (non-hydrogen) atoms. The highest BCUT2D eigenvalue weighted by Crippen LogP contribution is 2.28. The fourth-order valence-corrected chi connectivity index (χ4v) is 2.68. The van der Waals surface area contributed by atoms with Gasteiger partial charge < -0.3 is 14.7 Å². The topological polar surface area (TPSA) is 110 Å². The zero-order chi connectivity index (χ0) is 17.3. The monoisotopic (exact) mass is 322 g/mol. The summed E-state index contributed by atoms with van der Waals surface area (Å²) < 4.78 is 4.64. The molecular formula is C15H18N2O6. The van der Waals surface area contributed by atoms with Crippen LogP contribution < -0.4 is 0 Å². The second-order valence-corrected chi connectivity index (χ2v) is 5.60. The fourth-order valence-electron chi connectivity index (χ4n) is 2.68. The molecule has 8 heteroatoms. The molecule has 124 valence electrons. The first-order valence-corrected chi connectivity index (χ1v) is 7.08. The zero-order valence-corrected chi connectivity index (χ0v) is 13.1. The van der Waals surface area contributed by atoms with Crippen LogP contribution in [0.15, 0.2) is 12.1 Å². The lowest BCUT2D eigenvalue weighted by Gasteiger charge is -2.22. The SMILES string of the molecule is COC(=O)[C@@H]1CC(O)CN1C(=O)c1cc(C)c(C)cc1[N+](=O)[O-].